The van der Waals surface area contributed by atoms with Crippen LogP contribution in [0.3, 0.4) is 0 Å². The van der Waals surface area contributed by atoms with Gasteiger partial charge in [-0.05, 0) is 24.6 Å². The molecule has 2 unspecified atom stereocenters. The predicted molar refractivity (Wildman–Crippen MR) is 61.6 cm³/mol. The second-order valence-electron chi connectivity index (χ2n) is 3.69. The van der Waals surface area contributed by atoms with E-state index in [4.69, 9.17) is 4.74 Å². The Bertz CT molecular complexity index is 361. The van der Waals surface area contributed by atoms with Crippen LogP contribution in [0.25, 0.3) is 0 Å². The molecule has 2 rings (SSSR count). The third-order valence-corrected chi connectivity index (χ3v) is 3.38. The molecule has 1 aromatic rings. The van der Waals surface area contributed by atoms with E-state index in [1.807, 2.05) is 24.3 Å². The van der Waals surface area contributed by atoms with Gasteiger partial charge in [-0.15, -0.1) is 0 Å². The van der Waals surface area contributed by atoms with E-state index in [-0.39, 0.29) is 0 Å². The highest BCUT2D eigenvalue weighted by Crippen LogP contribution is 2.16. The molecule has 15 heavy (non-hydrogen) atoms. The molecule has 0 spiro atoms. The van der Waals surface area contributed by atoms with Gasteiger partial charge in [0.15, 0.2) is 0 Å². The van der Waals surface area contributed by atoms with Crippen LogP contribution in [0.2, 0.25) is 0 Å². The van der Waals surface area contributed by atoms with Crippen LogP contribution in [0.15, 0.2) is 29.2 Å². The van der Waals surface area contributed by atoms with Crippen LogP contribution in [0.5, 0.6) is 0 Å². The highest BCUT2D eigenvalue weighted by molar-refractivity contribution is 7.84. The molecule has 1 heterocycles. The number of hydrogen-bond donors (Lipinski definition) is 1. The minimum absolute atomic E-state index is 0.394. The summed E-state index contributed by atoms with van der Waals surface area (Å²) in [5.74, 6) is 0. The first-order valence-corrected chi connectivity index (χ1v) is 6.59. The summed E-state index contributed by atoms with van der Waals surface area (Å²) >= 11 is 0. The van der Waals surface area contributed by atoms with Gasteiger partial charge in [-0.3, -0.25) is 4.21 Å². The lowest BCUT2D eigenvalue weighted by molar-refractivity contribution is 0.195. The van der Waals surface area contributed by atoms with Gasteiger partial charge in [0, 0.05) is 34.2 Å². The van der Waals surface area contributed by atoms with E-state index in [1.165, 1.54) is 0 Å². The zero-order valence-electron chi connectivity index (χ0n) is 8.73. The number of rotatable bonds is 3. The van der Waals surface area contributed by atoms with Gasteiger partial charge in [-0.1, -0.05) is 6.07 Å². The lowest BCUT2D eigenvalue weighted by Gasteiger charge is -2.12. The van der Waals surface area contributed by atoms with Crippen molar-refractivity contribution >= 4 is 16.5 Å². The molecule has 82 valence electrons. The molecule has 4 heteroatoms. The molecule has 3 nitrogen and oxygen atoms in total. The lowest BCUT2D eigenvalue weighted by atomic mass is 10.2. The number of benzene rings is 1. The number of nitrogens with one attached hydrogen (secondary N) is 1. The van der Waals surface area contributed by atoms with Crippen molar-refractivity contribution in [2.24, 2.45) is 0 Å². The van der Waals surface area contributed by atoms with Gasteiger partial charge in [0.25, 0.3) is 0 Å². The Morgan fingerprint density at radius 3 is 3.07 bits per heavy atom. The van der Waals surface area contributed by atoms with Crippen LogP contribution < -0.4 is 5.32 Å². The Balaban J connectivity index is 2.07. The first-order chi connectivity index (χ1) is 7.25. The molecule has 1 aliphatic rings. The van der Waals surface area contributed by atoms with Gasteiger partial charge in [-0.2, -0.15) is 0 Å². The molecule has 2 atom stereocenters. The van der Waals surface area contributed by atoms with Gasteiger partial charge < -0.3 is 10.1 Å². The lowest BCUT2D eigenvalue weighted by Crippen LogP contribution is -2.18. The maximum Gasteiger partial charge on any atom is 0.0668 e. The zero-order chi connectivity index (χ0) is 10.7. The standard InChI is InChI=1S/C11H15NO2S/c1-15(13)11-4-2-3-9(7-11)12-10-5-6-14-8-10/h2-4,7,10,12H,5-6,8H2,1H3. The minimum atomic E-state index is -0.914. The van der Waals surface area contributed by atoms with Crippen molar-refractivity contribution in [1.82, 2.24) is 0 Å². The molecule has 0 bridgehead atoms. The molecule has 0 radical (unpaired) electrons. The number of anilines is 1. The Labute approximate surface area is 92.3 Å². The largest absolute Gasteiger partial charge is 0.380 e. The van der Waals surface area contributed by atoms with Crippen molar-refractivity contribution in [2.75, 3.05) is 24.8 Å². The molecule has 0 amide bonds. The molecule has 1 saturated heterocycles. The summed E-state index contributed by atoms with van der Waals surface area (Å²) in [5.41, 5.74) is 1.03. The van der Waals surface area contributed by atoms with Gasteiger partial charge in [0.1, 0.15) is 0 Å². The summed E-state index contributed by atoms with van der Waals surface area (Å²) in [5, 5.41) is 3.38. The van der Waals surface area contributed by atoms with Crippen molar-refractivity contribution in [1.29, 1.82) is 0 Å². The Morgan fingerprint density at radius 2 is 2.40 bits per heavy atom. The first kappa shape index (κ1) is 10.6. The van der Waals surface area contributed by atoms with Gasteiger partial charge in [-0.25, -0.2) is 0 Å². The first-order valence-electron chi connectivity index (χ1n) is 5.03. The summed E-state index contributed by atoms with van der Waals surface area (Å²) in [7, 11) is -0.914. The summed E-state index contributed by atoms with van der Waals surface area (Å²) in [6.45, 7) is 1.59. The Hall–Kier alpha value is -0.870. The highest BCUT2D eigenvalue weighted by atomic mass is 32.2. The topological polar surface area (TPSA) is 38.3 Å². The summed E-state index contributed by atoms with van der Waals surface area (Å²) in [6.07, 6.45) is 2.73. The van der Waals surface area contributed by atoms with Crippen molar-refractivity contribution in [3.8, 4) is 0 Å². The fourth-order valence-corrected chi connectivity index (χ4v) is 2.21. The molecular weight excluding hydrogens is 210 g/mol. The molecule has 0 saturated carbocycles. The van der Waals surface area contributed by atoms with Gasteiger partial charge in [0.2, 0.25) is 0 Å². The van der Waals surface area contributed by atoms with Crippen LogP contribution in [0, 0.1) is 0 Å². The molecule has 1 fully saturated rings. The van der Waals surface area contributed by atoms with Gasteiger partial charge in [0.05, 0.1) is 12.6 Å². The quantitative estimate of drug-likeness (QED) is 0.849. The average Bonchev–Trinajstić information content (AvgIpc) is 2.71. The van der Waals surface area contributed by atoms with E-state index < -0.39 is 10.8 Å². The van der Waals surface area contributed by atoms with Crippen molar-refractivity contribution in [3.63, 3.8) is 0 Å². The fourth-order valence-electron chi connectivity index (χ4n) is 1.65. The second-order valence-corrected chi connectivity index (χ2v) is 5.07. The van der Waals surface area contributed by atoms with E-state index in [2.05, 4.69) is 5.32 Å². The van der Waals surface area contributed by atoms with E-state index in [1.54, 1.807) is 6.26 Å². The average molecular weight is 225 g/mol. The van der Waals surface area contributed by atoms with Crippen LogP contribution in [-0.4, -0.2) is 29.7 Å². The van der Waals surface area contributed by atoms with Crippen molar-refractivity contribution < 1.29 is 8.95 Å². The van der Waals surface area contributed by atoms with Crippen molar-refractivity contribution in [2.45, 2.75) is 17.4 Å². The van der Waals surface area contributed by atoms with Crippen LogP contribution in [0.1, 0.15) is 6.42 Å². The van der Waals surface area contributed by atoms with E-state index >= 15 is 0 Å². The maximum absolute atomic E-state index is 11.3. The third-order valence-electron chi connectivity index (χ3n) is 2.47. The normalized spacial score (nSPS) is 22.6. The Morgan fingerprint density at radius 1 is 1.53 bits per heavy atom. The Kier molecular flexibility index (Phi) is 3.38. The van der Waals surface area contributed by atoms with Crippen LogP contribution >= 0.6 is 0 Å². The van der Waals surface area contributed by atoms with Crippen molar-refractivity contribution in [3.05, 3.63) is 24.3 Å². The maximum atomic E-state index is 11.3. The number of ether oxygens (including phenoxy) is 1. The second kappa shape index (κ2) is 4.77. The SMILES string of the molecule is CS(=O)c1cccc(NC2CCOC2)c1. The summed E-state index contributed by atoms with van der Waals surface area (Å²) in [4.78, 5) is 0.860. The molecule has 1 aromatic carbocycles. The fraction of sp³-hybridized carbons (Fsp3) is 0.455. The smallest absolute Gasteiger partial charge is 0.0668 e. The number of hydrogen-bond acceptors (Lipinski definition) is 3. The monoisotopic (exact) mass is 225 g/mol. The van der Waals surface area contributed by atoms with E-state index in [0.717, 1.165) is 30.2 Å². The molecular formula is C11H15NO2S. The zero-order valence-corrected chi connectivity index (χ0v) is 9.55. The minimum Gasteiger partial charge on any atom is -0.380 e. The van der Waals surface area contributed by atoms with Crippen LogP contribution in [-0.2, 0) is 15.5 Å². The van der Waals surface area contributed by atoms with E-state index in [9.17, 15) is 4.21 Å². The highest BCUT2D eigenvalue weighted by Gasteiger charge is 2.14. The molecule has 1 N–H and O–H groups in total. The molecule has 0 aromatic heterocycles. The summed E-state index contributed by atoms with van der Waals surface area (Å²) < 4.78 is 16.6. The van der Waals surface area contributed by atoms with Gasteiger partial charge >= 0.3 is 0 Å². The third kappa shape index (κ3) is 2.79. The van der Waals surface area contributed by atoms with E-state index in [0.29, 0.717) is 6.04 Å². The summed E-state index contributed by atoms with van der Waals surface area (Å²) in [6, 6.07) is 8.13. The predicted octanol–water partition coefficient (Wildman–Crippen LogP) is 1.62. The van der Waals surface area contributed by atoms with Crippen LogP contribution in [0.4, 0.5) is 5.69 Å². The molecule has 0 aliphatic carbocycles. The molecule has 1 aliphatic heterocycles.